The molecule has 0 saturated carbocycles. The maximum atomic E-state index is 6.35. The van der Waals surface area contributed by atoms with Crippen molar-refractivity contribution < 1.29 is 0 Å². The zero-order valence-corrected chi connectivity index (χ0v) is 12.4. The smallest absolute Gasteiger partial charge is 0.0890 e. The molecule has 0 aliphatic heterocycles. The molecule has 21 heavy (non-hydrogen) atoms. The summed E-state index contributed by atoms with van der Waals surface area (Å²) in [5.41, 5.74) is 12.9. The Morgan fingerprint density at radius 1 is 0.952 bits per heavy atom. The number of hydrogen-bond acceptors (Lipinski definition) is 3. The van der Waals surface area contributed by atoms with E-state index in [9.17, 15) is 0 Å². The lowest BCUT2D eigenvalue weighted by Gasteiger charge is -2.15. The van der Waals surface area contributed by atoms with Gasteiger partial charge in [0, 0.05) is 0 Å². The second-order valence-electron chi connectivity index (χ2n) is 5.46. The van der Waals surface area contributed by atoms with Crippen LogP contribution in [-0.4, -0.2) is 9.97 Å². The third-order valence-corrected chi connectivity index (χ3v) is 3.92. The van der Waals surface area contributed by atoms with Crippen molar-refractivity contribution in [3.63, 3.8) is 0 Å². The van der Waals surface area contributed by atoms with Crippen LogP contribution in [0.4, 0.5) is 0 Å². The number of nitrogens with zero attached hydrogens (tertiary/aromatic N) is 2. The fourth-order valence-electron chi connectivity index (χ4n) is 2.65. The molecule has 3 heteroatoms. The molecular formula is C18H19N3. The highest BCUT2D eigenvalue weighted by Gasteiger charge is 2.13. The number of aryl methyl sites for hydroxylation is 2. The molecule has 1 unspecified atom stereocenters. The molecule has 0 fully saturated rings. The van der Waals surface area contributed by atoms with Crippen LogP contribution in [0.25, 0.3) is 11.0 Å². The van der Waals surface area contributed by atoms with E-state index in [0.717, 1.165) is 23.1 Å². The van der Waals surface area contributed by atoms with Gasteiger partial charge < -0.3 is 5.73 Å². The summed E-state index contributed by atoms with van der Waals surface area (Å²) in [6.45, 7) is 4.25. The van der Waals surface area contributed by atoms with Crippen molar-refractivity contribution in [3.8, 4) is 0 Å². The fraction of sp³-hybridized carbons (Fsp3) is 0.222. The Kier molecular flexibility index (Phi) is 3.67. The van der Waals surface area contributed by atoms with Crippen LogP contribution in [0.2, 0.25) is 0 Å². The summed E-state index contributed by atoms with van der Waals surface area (Å²) < 4.78 is 0. The Balaban J connectivity index is 1.91. The van der Waals surface area contributed by atoms with E-state index in [2.05, 4.69) is 42.0 Å². The molecule has 1 heterocycles. The minimum Gasteiger partial charge on any atom is -0.322 e. The number of hydrogen-bond donors (Lipinski definition) is 1. The van der Waals surface area contributed by atoms with Gasteiger partial charge in [-0.05, 0) is 49.1 Å². The Morgan fingerprint density at radius 2 is 1.62 bits per heavy atom. The zero-order chi connectivity index (χ0) is 14.8. The van der Waals surface area contributed by atoms with Crippen LogP contribution in [0.1, 0.15) is 28.4 Å². The number of aromatic nitrogens is 2. The Hall–Kier alpha value is -2.26. The van der Waals surface area contributed by atoms with Crippen LogP contribution in [0.5, 0.6) is 0 Å². The van der Waals surface area contributed by atoms with Crippen molar-refractivity contribution in [1.82, 2.24) is 9.97 Å². The monoisotopic (exact) mass is 277 g/mol. The highest BCUT2D eigenvalue weighted by atomic mass is 14.8. The molecule has 0 bridgehead atoms. The van der Waals surface area contributed by atoms with Gasteiger partial charge in [-0.2, -0.15) is 0 Å². The van der Waals surface area contributed by atoms with Crippen molar-refractivity contribution in [2.75, 3.05) is 0 Å². The van der Waals surface area contributed by atoms with Crippen LogP contribution in [0.15, 0.2) is 48.7 Å². The minimum absolute atomic E-state index is 0.137. The van der Waals surface area contributed by atoms with Gasteiger partial charge in [-0.15, -0.1) is 0 Å². The van der Waals surface area contributed by atoms with E-state index >= 15 is 0 Å². The van der Waals surface area contributed by atoms with E-state index in [4.69, 9.17) is 5.73 Å². The number of para-hydroxylation sites is 2. The molecule has 1 aromatic heterocycles. The molecule has 3 nitrogen and oxygen atoms in total. The van der Waals surface area contributed by atoms with Crippen LogP contribution in [-0.2, 0) is 6.42 Å². The first-order valence-corrected chi connectivity index (χ1v) is 7.17. The Morgan fingerprint density at radius 3 is 2.33 bits per heavy atom. The predicted octanol–water partition coefficient (Wildman–Crippen LogP) is 3.49. The molecule has 0 aliphatic carbocycles. The second kappa shape index (κ2) is 5.62. The Bertz CT molecular complexity index is 760. The summed E-state index contributed by atoms with van der Waals surface area (Å²) in [5.74, 6) is 0. The SMILES string of the molecule is Cc1cccc(C)c1CC(N)c1cnc2ccccc2n1. The molecule has 0 radical (unpaired) electrons. The fourth-order valence-corrected chi connectivity index (χ4v) is 2.65. The summed E-state index contributed by atoms with van der Waals surface area (Å²) in [7, 11) is 0. The van der Waals surface area contributed by atoms with Gasteiger partial charge >= 0.3 is 0 Å². The summed E-state index contributed by atoms with van der Waals surface area (Å²) in [6, 6.07) is 14.1. The van der Waals surface area contributed by atoms with Crippen LogP contribution >= 0.6 is 0 Å². The number of benzene rings is 2. The minimum atomic E-state index is -0.137. The summed E-state index contributed by atoms with van der Waals surface area (Å²) in [5, 5.41) is 0. The van der Waals surface area contributed by atoms with Gasteiger partial charge in [-0.1, -0.05) is 30.3 Å². The largest absolute Gasteiger partial charge is 0.322 e. The maximum Gasteiger partial charge on any atom is 0.0890 e. The molecule has 0 saturated heterocycles. The molecule has 106 valence electrons. The summed E-state index contributed by atoms with van der Waals surface area (Å²) >= 11 is 0. The molecule has 1 atom stereocenters. The second-order valence-corrected chi connectivity index (χ2v) is 5.46. The Labute approximate surface area is 124 Å². The lowest BCUT2D eigenvalue weighted by Crippen LogP contribution is -2.16. The van der Waals surface area contributed by atoms with Crippen LogP contribution in [0, 0.1) is 13.8 Å². The first-order chi connectivity index (χ1) is 10.1. The highest BCUT2D eigenvalue weighted by Crippen LogP contribution is 2.21. The average Bonchev–Trinajstić information content (AvgIpc) is 2.50. The number of fused-ring (bicyclic) bond motifs is 1. The quantitative estimate of drug-likeness (QED) is 0.797. The van der Waals surface area contributed by atoms with E-state index in [1.54, 1.807) is 6.20 Å². The lowest BCUT2D eigenvalue weighted by molar-refractivity contribution is 0.691. The molecule has 0 amide bonds. The van der Waals surface area contributed by atoms with Gasteiger partial charge in [0.1, 0.15) is 0 Å². The summed E-state index contributed by atoms with van der Waals surface area (Å²) in [6.07, 6.45) is 2.58. The van der Waals surface area contributed by atoms with E-state index < -0.39 is 0 Å². The van der Waals surface area contributed by atoms with Gasteiger partial charge in [0.25, 0.3) is 0 Å². The van der Waals surface area contributed by atoms with E-state index in [-0.39, 0.29) is 6.04 Å². The van der Waals surface area contributed by atoms with Crippen molar-refractivity contribution in [1.29, 1.82) is 0 Å². The molecule has 0 aliphatic rings. The highest BCUT2D eigenvalue weighted by molar-refractivity contribution is 5.73. The van der Waals surface area contributed by atoms with Crippen molar-refractivity contribution in [2.24, 2.45) is 5.73 Å². The lowest BCUT2D eigenvalue weighted by atomic mass is 9.95. The van der Waals surface area contributed by atoms with Crippen LogP contribution < -0.4 is 5.73 Å². The van der Waals surface area contributed by atoms with Crippen LogP contribution in [0.3, 0.4) is 0 Å². The summed E-state index contributed by atoms with van der Waals surface area (Å²) in [4.78, 5) is 9.09. The predicted molar refractivity (Wildman–Crippen MR) is 86.1 cm³/mol. The van der Waals surface area contributed by atoms with Gasteiger partial charge in [-0.25, -0.2) is 4.98 Å². The first kappa shape index (κ1) is 13.7. The third kappa shape index (κ3) is 2.78. The molecule has 0 spiro atoms. The maximum absolute atomic E-state index is 6.35. The van der Waals surface area contributed by atoms with Gasteiger partial charge in [0.05, 0.1) is 29.0 Å². The van der Waals surface area contributed by atoms with Crippen molar-refractivity contribution >= 4 is 11.0 Å². The molecule has 3 aromatic rings. The molecule has 3 rings (SSSR count). The van der Waals surface area contributed by atoms with Gasteiger partial charge in [0.2, 0.25) is 0 Å². The van der Waals surface area contributed by atoms with E-state index in [1.807, 2.05) is 24.3 Å². The van der Waals surface area contributed by atoms with Gasteiger partial charge in [0.15, 0.2) is 0 Å². The molecule has 2 N–H and O–H groups in total. The third-order valence-electron chi connectivity index (χ3n) is 3.92. The topological polar surface area (TPSA) is 51.8 Å². The van der Waals surface area contributed by atoms with E-state index in [1.165, 1.54) is 16.7 Å². The van der Waals surface area contributed by atoms with Crippen molar-refractivity contribution in [2.45, 2.75) is 26.3 Å². The number of nitrogens with two attached hydrogens (primary N) is 1. The molecule has 2 aromatic carbocycles. The number of rotatable bonds is 3. The normalized spacial score (nSPS) is 12.5. The average molecular weight is 277 g/mol. The standard InChI is InChI=1S/C18H19N3/c1-12-6-5-7-13(2)14(12)10-15(19)18-11-20-16-8-3-4-9-17(16)21-18/h3-9,11,15H,10,19H2,1-2H3. The zero-order valence-electron chi connectivity index (χ0n) is 12.4. The molecular weight excluding hydrogens is 258 g/mol. The first-order valence-electron chi connectivity index (χ1n) is 7.17. The van der Waals surface area contributed by atoms with E-state index in [0.29, 0.717) is 0 Å². The van der Waals surface area contributed by atoms with Gasteiger partial charge in [-0.3, -0.25) is 4.98 Å². The van der Waals surface area contributed by atoms with Crippen molar-refractivity contribution in [3.05, 3.63) is 71.0 Å².